The predicted octanol–water partition coefficient (Wildman–Crippen LogP) is 15.4. The number of nitrogens with zero attached hydrogens (tertiary/aromatic N) is 6. The number of azo groups is 2. The van der Waals surface area contributed by atoms with Gasteiger partial charge in [-0.1, -0.05) is 128 Å². The van der Waals surface area contributed by atoms with E-state index in [1.54, 1.807) is 0 Å². The topological polar surface area (TPSA) is 148 Å². The van der Waals surface area contributed by atoms with Crippen molar-refractivity contribution >= 4 is 40.4 Å². The normalized spacial score (nSPS) is 12.4. The number of anilines is 1. The highest BCUT2D eigenvalue weighted by molar-refractivity contribution is 5.80. The maximum atomic E-state index is 13.3. The van der Waals surface area contributed by atoms with Gasteiger partial charge in [0.25, 0.3) is 0 Å². The molecule has 0 aliphatic carbocycles. The molecule has 12 heteroatoms. The molecule has 0 saturated heterocycles. The zero-order valence-corrected chi connectivity index (χ0v) is 39.7. The Morgan fingerprint density at radius 1 is 0.571 bits per heavy atom. The van der Waals surface area contributed by atoms with E-state index >= 15 is 0 Å². The lowest BCUT2D eigenvalue weighted by atomic mass is 9.72. The van der Waals surface area contributed by atoms with Crippen molar-refractivity contribution in [3.05, 3.63) is 89.0 Å². The molecule has 3 aromatic carbocycles. The van der Waals surface area contributed by atoms with E-state index in [0.29, 0.717) is 26.0 Å². The molecule has 0 radical (unpaired) electrons. The highest BCUT2D eigenvalue weighted by Gasteiger charge is 2.43. The van der Waals surface area contributed by atoms with E-state index in [4.69, 9.17) is 19.6 Å². The Morgan fingerprint density at radius 2 is 0.952 bits per heavy atom. The Bertz CT molecular complexity index is 1750. The van der Waals surface area contributed by atoms with Gasteiger partial charge in [-0.3, -0.25) is 19.7 Å². The summed E-state index contributed by atoms with van der Waals surface area (Å²) in [7, 11) is 0.889. The summed E-state index contributed by atoms with van der Waals surface area (Å²) in [6, 6.07) is 24.9. The van der Waals surface area contributed by atoms with Gasteiger partial charge in [-0.05, 0) is 108 Å². The maximum absolute atomic E-state index is 13.3. The zero-order chi connectivity index (χ0) is 46.2. The molecule has 3 aromatic rings. The molecule has 0 saturated carbocycles. The smallest absolute Gasteiger partial charge is 0.311 e. The van der Waals surface area contributed by atoms with Crippen molar-refractivity contribution in [2.45, 2.75) is 157 Å². The fourth-order valence-electron chi connectivity index (χ4n) is 7.33. The third-order valence-electron chi connectivity index (χ3n) is 11.2. The van der Waals surface area contributed by atoms with Gasteiger partial charge < -0.3 is 14.4 Å². The number of rotatable bonds is 31. The molecule has 0 spiro atoms. The first-order valence-corrected chi connectivity index (χ1v) is 23.6. The van der Waals surface area contributed by atoms with Crippen LogP contribution < -0.4 is 4.90 Å². The van der Waals surface area contributed by atoms with Crippen LogP contribution in [-0.2, 0) is 19.1 Å². The molecule has 0 heterocycles. The minimum absolute atomic E-state index is 0.221. The Kier molecular flexibility index (Phi) is 27.3. The number of benzene rings is 3. The van der Waals surface area contributed by atoms with Gasteiger partial charge in [-0.25, -0.2) is 0 Å². The summed E-state index contributed by atoms with van der Waals surface area (Å²) in [6.07, 6.45) is 21.9. The number of nitro groups is 1. The van der Waals surface area contributed by atoms with Gasteiger partial charge >= 0.3 is 11.9 Å². The first kappa shape index (κ1) is 54.1. The molecule has 0 aromatic heterocycles. The summed E-state index contributed by atoms with van der Waals surface area (Å²) < 4.78 is 11.6. The molecule has 0 fully saturated rings. The lowest BCUT2D eigenvalue weighted by molar-refractivity contribution is -0.445. The quantitative estimate of drug-likeness (QED) is 0.0205. The van der Waals surface area contributed by atoms with Crippen LogP contribution in [0.2, 0.25) is 0 Å². The van der Waals surface area contributed by atoms with Crippen LogP contribution in [0.25, 0.3) is 0 Å². The van der Waals surface area contributed by atoms with Crippen molar-refractivity contribution in [2.75, 3.05) is 38.3 Å². The number of likely N-dealkylation sites (N-methyl/N-ethyl adjacent to an activating group) is 1. The van der Waals surface area contributed by atoms with E-state index in [2.05, 4.69) is 39.2 Å². The predicted molar refractivity (Wildman–Crippen MR) is 257 cm³/mol. The van der Waals surface area contributed by atoms with Crippen LogP contribution in [0.15, 0.2) is 99.3 Å². The summed E-state index contributed by atoms with van der Waals surface area (Å²) in [5.41, 5.74) is 2.38. The first-order valence-electron chi connectivity index (χ1n) is 23.6. The van der Waals surface area contributed by atoms with E-state index < -0.39 is 15.8 Å². The van der Waals surface area contributed by atoms with Crippen LogP contribution >= 0.6 is 0 Å². The molecule has 3 rings (SSSR count). The van der Waals surface area contributed by atoms with Crippen molar-refractivity contribution in [1.82, 2.24) is 0 Å². The van der Waals surface area contributed by atoms with Gasteiger partial charge in [0, 0.05) is 17.2 Å². The van der Waals surface area contributed by atoms with E-state index in [1.165, 1.54) is 89.9 Å². The van der Waals surface area contributed by atoms with Crippen molar-refractivity contribution in [3.63, 3.8) is 0 Å². The van der Waals surface area contributed by atoms with Gasteiger partial charge in [0.05, 0.1) is 46.7 Å². The van der Waals surface area contributed by atoms with Crippen molar-refractivity contribution in [1.29, 1.82) is 0 Å². The van der Waals surface area contributed by atoms with Gasteiger partial charge in [0.1, 0.15) is 6.61 Å². The SMILES string of the molecule is CCCCCCCCCCCCCCCCCCOC(=O)C(C)(CC)CC(C)(C)C(=O)OCCN(CC)c1ccc(N=Nc2ccc(N=Nc3ccccc3)cc2)cc1.C[N+](=O)[O-]. The zero-order valence-electron chi connectivity index (χ0n) is 39.7. The largest absolute Gasteiger partial charge is 0.465 e. The van der Waals surface area contributed by atoms with Crippen LogP contribution in [0.3, 0.4) is 0 Å². The highest BCUT2D eigenvalue weighted by Crippen LogP contribution is 2.38. The molecule has 1 atom stereocenters. The van der Waals surface area contributed by atoms with Crippen LogP contribution in [0.4, 0.5) is 28.4 Å². The van der Waals surface area contributed by atoms with Crippen LogP contribution in [0.5, 0.6) is 0 Å². The highest BCUT2D eigenvalue weighted by atomic mass is 16.6. The van der Waals surface area contributed by atoms with Crippen LogP contribution in [-0.4, -0.2) is 50.2 Å². The molecule has 0 N–H and O–H groups in total. The van der Waals surface area contributed by atoms with Crippen molar-refractivity contribution in [3.8, 4) is 0 Å². The number of esters is 2. The number of hydrogen-bond donors (Lipinski definition) is 0. The summed E-state index contributed by atoms with van der Waals surface area (Å²) in [6.45, 7) is 13.9. The number of hydrogen-bond acceptors (Lipinski definition) is 11. The average Bonchev–Trinajstić information content (AvgIpc) is 3.27. The van der Waals surface area contributed by atoms with Gasteiger partial charge in [-0.2, -0.15) is 20.5 Å². The summed E-state index contributed by atoms with van der Waals surface area (Å²) in [5.74, 6) is -0.524. The monoisotopic (exact) mass is 871 g/mol. The fourth-order valence-corrected chi connectivity index (χ4v) is 7.33. The summed E-state index contributed by atoms with van der Waals surface area (Å²) >= 11 is 0. The third-order valence-corrected chi connectivity index (χ3v) is 11.2. The second-order valence-corrected chi connectivity index (χ2v) is 17.3. The van der Waals surface area contributed by atoms with Gasteiger partial charge in [0.15, 0.2) is 7.05 Å². The number of carbonyl (C=O) groups excluding carboxylic acids is 2. The van der Waals surface area contributed by atoms with E-state index in [-0.39, 0.29) is 18.5 Å². The molecular weight excluding hydrogens is 793 g/mol. The molecule has 0 bridgehead atoms. The Labute approximate surface area is 378 Å². The standard InChI is InChI=1S/C50H75N5O4.CH3NO2/c1-7-10-11-12-13-14-15-16-17-18-19-20-21-22-23-27-39-58-48(57)50(6,8-2)41-49(4,5)47(56)59-40-38-55(9-3)46-36-34-45(35-37-46)54-53-44-32-30-43(31-33-44)52-51-42-28-25-24-26-29-42;1-2(3)4/h24-26,28-37H,7-23,27,38-41H2,1-6H3;1H3. The van der Waals surface area contributed by atoms with Gasteiger partial charge in [-0.15, -0.1) is 0 Å². The van der Waals surface area contributed by atoms with Crippen LogP contribution in [0.1, 0.15) is 157 Å². The number of ether oxygens (including phenoxy) is 2. The average molecular weight is 871 g/mol. The Balaban J connectivity index is 0.00000326. The molecule has 1 unspecified atom stereocenters. The summed E-state index contributed by atoms with van der Waals surface area (Å²) in [5, 5.41) is 26.1. The fraction of sp³-hybridized carbons (Fsp3) is 0.608. The molecule has 0 aliphatic rings. The summed E-state index contributed by atoms with van der Waals surface area (Å²) in [4.78, 5) is 37.1. The molecule has 0 aliphatic heterocycles. The Morgan fingerprint density at radius 3 is 1.37 bits per heavy atom. The van der Waals surface area contributed by atoms with Crippen LogP contribution in [0, 0.1) is 20.9 Å². The lowest BCUT2D eigenvalue weighted by Gasteiger charge is -2.34. The first-order chi connectivity index (χ1) is 30.3. The second kappa shape index (κ2) is 31.8. The minimum atomic E-state index is -0.839. The molecular formula is C51H78N6O6. The number of carbonyl (C=O) groups is 2. The molecule has 12 nitrogen and oxygen atoms in total. The third kappa shape index (κ3) is 23.9. The molecule has 0 amide bonds. The van der Waals surface area contributed by atoms with E-state index in [9.17, 15) is 9.59 Å². The maximum Gasteiger partial charge on any atom is 0.311 e. The minimum Gasteiger partial charge on any atom is -0.465 e. The van der Waals surface area contributed by atoms with Crippen molar-refractivity contribution in [2.24, 2.45) is 31.3 Å². The second-order valence-electron chi connectivity index (χ2n) is 17.3. The lowest BCUT2D eigenvalue weighted by Crippen LogP contribution is -2.39. The Hall–Kier alpha value is -5.00. The van der Waals surface area contributed by atoms with Gasteiger partial charge in [0.2, 0.25) is 0 Å². The number of unbranched alkanes of at least 4 members (excludes halogenated alkanes) is 15. The van der Waals surface area contributed by atoms with E-state index in [0.717, 1.165) is 54.9 Å². The molecule has 63 heavy (non-hydrogen) atoms. The molecule has 348 valence electrons. The van der Waals surface area contributed by atoms with Crippen molar-refractivity contribution < 1.29 is 24.0 Å². The van der Waals surface area contributed by atoms with E-state index in [1.807, 2.05) is 107 Å².